The summed E-state index contributed by atoms with van der Waals surface area (Å²) in [7, 11) is 0. The largest absolute Gasteiger partial charge is 0.461 e. The lowest BCUT2D eigenvalue weighted by molar-refractivity contribution is -0.143. The van der Waals surface area contributed by atoms with Crippen LogP contribution < -0.4 is 0 Å². The van der Waals surface area contributed by atoms with Crippen LogP contribution in [0.25, 0.3) is 5.53 Å². The van der Waals surface area contributed by atoms with E-state index in [0.717, 1.165) is 11.1 Å². The molecule has 1 amide bonds. The molecule has 0 aliphatic carbocycles. The molecule has 9 heteroatoms. The molecular formula is C26H29N3O6. The van der Waals surface area contributed by atoms with Crippen LogP contribution in [0.3, 0.4) is 0 Å². The first kappa shape index (κ1) is 27.1. The number of rotatable bonds is 13. The van der Waals surface area contributed by atoms with Crippen LogP contribution in [-0.2, 0) is 37.0 Å². The number of hydrogen-bond acceptors (Lipinski definition) is 6. The summed E-state index contributed by atoms with van der Waals surface area (Å²) in [6, 6.07) is 18.4. The van der Waals surface area contributed by atoms with E-state index in [1.54, 1.807) is 6.92 Å². The third-order valence-electron chi connectivity index (χ3n) is 4.81. The molecule has 0 unspecified atom stereocenters. The van der Waals surface area contributed by atoms with Gasteiger partial charge in [-0.2, -0.15) is 9.78 Å². The van der Waals surface area contributed by atoms with E-state index in [0.29, 0.717) is 25.0 Å². The van der Waals surface area contributed by atoms with Crippen molar-refractivity contribution in [1.29, 1.82) is 0 Å². The first-order valence-corrected chi connectivity index (χ1v) is 11.4. The molecule has 0 saturated heterocycles. The van der Waals surface area contributed by atoms with Gasteiger partial charge in [0.15, 0.2) is 0 Å². The van der Waals surface area contributed by atoms with E-state index < -0.39 is 18.0 Å². The van der Waals surface area contributed by atoms with E-state index in [1.165, 1.54) is 0 Å². The van der Waals surface area contributed by atoms with Crippen LogP contribution in [0.4, 0.5) is 4.79 Å². The molecule has 0 radical (unpaired) electrons. The van der Waals surface area contributed by atoms with Gasteiger partial charge in [-0.05, 0) is 37.3 Å². The fraction of sp³-hybridized carbons (Fsp3) is 0.346. The molecule has 0 atom stereocenters. The molecule has 35 heavy (non-hydrogen) atoms. The fourth-order valence-corrected chi connectivity index (χ4v) is 3.05. The summed E-state index contributed by atoms with van der Waals surface area (Å²) in [5, 5.41) is 0. The van der Waals surface area contributed by atoms with E-state index in [1.807, 2.05) is 60.7 Å². The Kier molecular flexibility index (Phi) is 12.2. The lowest BCUT2D eigenvalue weighted by Crippen LogP contribution is -2.18. The average molecular weight is 480 g/mol. The first-order chi connectivity index (χ1) is 17.0. The van der Waals surface area contributed by atoms with E-state index in [4.69, 9.17) is 19.7 Å². The minimum absolute atomic E-state index is 0.0603. The van der Waals surface area contributed by atoms with Gasteiger partial charge in [0, 0.05) is 5.71 Å². The summed E-state index contributed by atoms with van der Waals surface area (Å²) in [6.07, 6.45) is 0.433. The van der Waals surface area contributed by atoms with Gasteiger partial charge < -0.3 is 19.7 Å². The molecule has 184 valence electrons. The predicted molar refractivity (Wildman–Crippen MR) is 129 cm³/mol. The number of carbonyl (C=O) groups excluding carboxylic acids is 3. The maximum absolute atomic E-state index is 12.4. The Labute approximate surface area is 204 Å². The zero-order chi connectivity index (χ0) is 25.3. The molecule has 0 aliphatic rings. The van der Waals surface area contributed by atoms with Gasteiger partial charge in [0.05, 0.1) is 19.4 Å². The summed E-state index contributed by atoms with van der Waals surface area (Å²) in [5.41, 5.74) is 10.9. The Balaban J connectivity index is 1.94. The van der Waals surface area contributed by atoms with E-state index in [2.05, 4.69) is 9.78 Å². The summed E-state index contributed by atoms with van der Waals surface area (Å²) in [5.74, 6) is -1.20. The summed E-state index contributed by atoms with van der Waals surface area (Å²) < 4.78 is 15.3. The quantitative estimate of drug-likeness (QED) is 0.102. The van der Waals surface area contributed by atoms with Gasteiger partial charge in [0.2, 0.25) is 0 Å². The SMILES string of the molecule is CCOC(=O)C(CCCCC(CC(=O)OCc1ccccc1)=NC(=O)OCc1ccccc1)=[N+]=[N-]. The van der Waals surface area contributed by atoms with Crippen molar-refractivity contribution in [3.63, 3.8) is 0 Å². The van der Waals surface area contributed by atoms with Crippen molar-refractivity contribution >= 4 is 29.5 Å². The van der Waals surface area contributed by atoms with Gasteiger partial charge >= 0.3 is 23.7 Å². The second-order valence-electron chi connectivity index (χ2n) is 7.52. The number of hydrogen-bond donors (Lipinski definition) is 0. The lowest BCUT2D eigenvalue weighted by Gasteiger charge is -2.08. The van der Waals surface area contributed by atoms with E-state index in [9.17, 15) is 14.4 Å². The van der Waals surface area contributed by atoms with Gasteiger partial charge in [0.25, 0.3) is 0 Å². The van der Waals surface area contributed by atoms with Crippen LogP contribution in [0.15, 0.2) is 65.7 Å². The molecule has 0 saturated carbocycles. The number of unbranched alkanes of at least 4 members (excludes halogenated alkanes) is 1. The molecule has 0 aliphatic heterocycles. The molecule has 0 N–H and O–H groups in total. The summed E-state index contributed by atoms with van der Waals surface area (Å²) >= 11 is 0. The van der Waals surface area contributed by atoms with Crippen LogP contribution in [0.5, 0.6) is 0 Å². The third kappa shape index (κ3) is 11.0. The maximum atomic E-state index is 12.4. The molecule has 0 heterocycles. The monoisotopic (exact) mass is 479 g/mol. The molecule has 0 fully saturated rings. The summed E-state index contributed by atoms with van der Waals surface area (Å²) in [4.78, 5) is 43.3. The maximum Gasteiger partial charge on any atom is 0.433 e. The number of aliphatic imine (C=N–C) groups is 1. The minimum Gasteiger partial charge on any atom is -0.461 e. The standard InChI is InChI=1S/C26H29N3O6/c1-2-33-25(31)23(29-27)16-10-9-15-22(17-24(30)34-18-20-11-5-3-6-12-20)28-26(32)35-19-21-13-7-4-8-14-21/h3-8,11-14H,2,9-10,15-19H2,1H3. The Morgan fingerprint density at radius 2 is 1.40 bits per heavy atom. The second kappa shape index (κ2) is 15.7. The highest BCUT2D eigenvalue weighted by molar-refractivity contribution is 6.33. The van der Waals surface area contributed by atoms with Gasteiger partial charge in [-0.1, -0.05) is 60.7 Å². The summed E-state index contributed by atoms with van der Waals surface area (Å²) in [6.45, 7) is 2.00. The van der Waals surface area contributed by atoms with Gasteiger partial charge in [0.1, 0.15) is 13.2 Å². The van der Waals surface area contributed by atoms with E-state index in [-0.39, 0.29) is 38.4 Å². The van der Waals surface area contributed by atoms with Crippen molar-refractivity contribution in [3.8, 4) is 0 Å². The second-order valence-corrected chi connectivity index (χ2v) is 7.52. The first-order valence-electron chi connectivity index (χ1n) is 11.4. The Bertz CT molecular complexity index is 1050. The number of nitrogens with zero attached hydrogens (tertiary/aromatic N) is 3. The van der Waals surface area contributed by atoms with Crippen LogP contribution in [0, 0.1) is 0 Å². The molecule has 9 nitrogen and oxygen atoms in total. The molecular weight excluding hydrogens is 450 g/mol. The van der Waals surface area contributed by atoms with Crippen molar-refractivity contribution in [1.82, 2.24) is 0 Å². The number of carbonyl (C=O) groups is 3. The van der Waals surface area contributed by atoms with Crippen LogP contribution in [-0.4, -0.2) is 40.9 Å². The van der Waals surface area contributed by atoms with Gasteiger partial charge in [-0.15, -0.1) is 0 Å². The van der Waals surface area contributed by atoms with Gasteiger partial charge in [-0.25, -0.2) is 9.59 Å². The van der Waals surface area contributed by atoms with Crippen molar-refractivity contribution in [2.75, 3.05) is 6.61 Å². The zero-order valence-corrected chi connectivity index (χ0v) is 19.7. The number of benzene rings is 2. The molecule has 2 aromatic rings. The third-order valence-corrected chi connectivity index (χ3v) is 4.81. The Morgan fingerprint density at radius 3 is 1.97 bits per heavy atom. The highest BCUT2D eigenvalue weighted by atomic mass is 16.5. The highest BCUT2D eigenvalue weighted by Gasteiger charge is 2.21. The fourth-order valence-electron chi connectivity index (χ4n) is 3.05. The zero-order valence-electron chi connectivity index (χ0n) is 19.7. The number of amides is 1. The average Bonchev–Trinajstić information content (AvgIpc) is 2.87. The van der Waals surface area contributed by atoms with Crippen molar-refractivity contribution in [3.05, 3.63) is 77.3 Å². The normalized spacial score (nSPS) is 10.7. The van der Waals surface area contributed by atoms with Crippen LogP contribution >= 0.6 is 0 Å². The minimum atomic E-state index is -0.802. The van der Waals surface area contributed by atoms with Crippen molar-refractivity contribution in [2.24, 2.45) is 4.99 Å². The number of esters is 2. The number of ether oxygens (including phenoxy) is 3. The van der Waals surface area contributed by atoms with E-state index >= 15 is 0 Å². The van der Waals surface area contributed by atoms with Crippen LogP contribution in [0.1, 0.15) is 50.2 Å². The molecule has 0 bridgehead atoms. The molecule has 0 aromatic heterocycles. The molecule has 0 spiro atoms. The van der Waals surface area contributed by atoms with Crippen LogP contribution in [0.2, 0.25) is 0 Å². The molecule has 2 rings (SSSR count). The smallest absolute Gasteiger partial charge is 0.433 e. The van der Waals surface area contributed by atoms with Crippen molar-refractivity contribution < 1.29 is 33.4 Å². The van der Waals surface area contributed by atoms with Crippen molar-refractivity contribution in [2.45, 2.75) is 52.2 Å². The Morgan fingerprint density at radius 1 is 0.829 bits per heavy atom. The topological polar surface area (TPSA) is 128 Å². The predicted octanol–water partition coefficient (Wildman–Crippen LogP) is 4.69. The lowest BCUT2D eigenvalue weighted by atomic mass is 10.1. The Hall–Kier alpha value is -4.10. The molecule has 2 aromatic carbocycles. The highest BCUT2D eigenvalue weighted by Crippen LogP contribution is 2.10. The van der Waals surface area contributed by atoms with Gasteiger partial charge in [-0.3, -0.25) is 4.79 Å².